The molecule has 0 N–H and O–H groups in total. The zero-order chi connectivity index (χ0) is 15.9. The van der Waals surface area contributed by atoms with Gasteiger partial charge >= 0.3 is 6.15 Å². The third-order valence-electron chi connectivity index (χ3n) is 2.73. The first-order valence-corrected chi connectivity index (χ1v) is 6.01. The number of aryl methyl sites for hydroxylation is 1. The van der Waals surface area contributed by atoms with E-state index in [0.29, 0.717) is 5.82 Å². The molecule has 0 unspecified atom stereocenters. The highest BCUT2D eigenvalue weighted by molar-refractivity contribution is 5.81. The first-order valence-electron chi connectivity index (χ1n) is 6.01. The van der Waals surface area contributed by atoms with E-state index in [-0.39, 0.29) is 12.0 Å². The summed E-state index contributed by atoms with van der Waals surface area (Å²) >= 11 is 0. The van der Waals surface area contributed by atoms with Crippen molar-refractivity contribution in [2.45, 2.75) is 6.92 Å². The molecule has 0 bridgehead atoms. The van der Waals surface area contributed by atoms with Gasteiger partial charge in [0, 0.05) is 22.7 Å². The van der Waals surface area contributed by atoms with Crippen molar-refractivity contribution >= 4 is 22.9 Å². The Morgan fingerprint density at radius 3 is 2.73 bits per heavy atom. The van der Waals surface area contributed by atoms with Gasteiger partial charge in [-0.1, -0.05) is 12.1 Å². The molecule has 3 rings (SSSR count). The summed E-state index contributed by atoms with van der Waals surface area (Å²) in [7, 11) is 0. The van der Waals surface area contributed by atoms with E-state index in [1.807, 2.05) is 25.1 Å². The number of azide groups is 1. The molecule has 0 spiro atoms. The number of hydrogen-bond acceptors (Lipinski definition) is 6. The molecule has 9 nitrogen and oxygen atoms in total. The smallest absolute Gasteiger partial charge is 0.249 e. The van der Waals surface area contributed by atoms with E-state index in [1.165, 1.54) is 12.4 Å². The predicted molar refractivity (Wildman–Crippen MR) is 75.2 cm³/mol. The van der Waals surface area contributed by atoms with Gasteiger partial charge in [-0.05, 0) is 29.2 Å². The number of aromatic nitrogens is 4. The second-order valence-corrected chi connectivity index (χ2v) is 4.09. The fourth-order valence-electron chi connectivity index (χ4n) is 1.88. The van der Waals surface area contributed by atoms with Crippen molar-refractivity contribution in [1.82, 2.24) is 19.7 Å². The normalized spacial score (nSPS) is 9.32. The highest BCUT2D eigenvalue weighted by Gasteiger charge is 2.10. The zero-order valence-electron chi connectivity index (χ0n) is 11.4. The van der Waals surface area contributed by atoms with Crippen LogP contribution in [0.3, 0.4) is 0 Å². The van der Waals surface area contributed by atoms with E-state index < -0.39 is 0 Å². The topological polar surface area (TPSA) is 126 Å². The second-order valence-electron chi connectivity index (χ2n) is 4.09. The van der Waals surface area contributed by atoms with Crippen molar-refractivity contribution < 1.29 is 9.59 Å². The lowest BCUT2D eigenvalue weighted by Crippen LogP contribution is -2.00. The van der Waals surface area contributed by atoms with Crippen molar-refractivity contribution in [2.75, 3.05) is 0 Å². The predicted octanol–water partition coefficient (Wildman–Crippen LogP) is 2.48. The van der Waals surface area contributed by atoms with Crippen LogP contribution in [0.15, 0.2) is 41.9 Å². The number of benzene rings is 1. The molecular weight excluding hydrogens is 286 g/mol. The van der Waals surface area contributed by atoms with Gasteiger partial charge < -0.3 is 0 Å². The fourth-order valence-corrected chi connectivity index (χ4v) is 1.88. The molecule has 0 aliphatic rings. The Bertz CT molecular complexity index is 890. The van der Waals surface area contributed by atoms with E-state index in [0.717, 1.165) is 16.5 Å². The van der Waals surface area contributed by atoms with Gasteiger partial charge in [-0.15, -0.1) is 0 Å². The third kappa shape index (κ3) is 2.96. The molecule has 0 atom stereocenters. The summed E-state index contributed by atoms with van der Waals surface area (Å²) in [4.78, 5) is 27.2. The van der Waals surface area contributed by atoms with Crippen molar-refractivity contribution in [1.29, 1.82) is 0 Å². The van der Waals surface area contributed by atoms with Crippen LogP contribution in [0.4, 0.5) is 5.82 Å². The SMILES string of the molecule is Cc1ccc2cnn(-c3nccnc3N=[N+]=[N-])c2c1.O=C=O. The van der Waals surface area contributed by atoms with E-state index >= 15 is 0 Å². The minimum Gasteiger partial charge on any atom is -0.249 e. The van der Waals surface area contributed by atoms with E-state index in [4.69, 9.17) is 15.1 Å². The van der Waals surface area contributed by atoms with Gasteiger partial charge in [0.05, 0.1) is 11.7 Å². The highest BCUT2D eigenvalue weighted by atomic mass is 16.2. The van der Waals surface area contributed by atoms with Gasteiger partial charge in [0.2, 0.25) is 0 Å². The second kappa shape index (κ2) is 6.76. The van der Waals surface area contributed by atoms with Gasteiger partial charge in [-0.3, -0.25) is 0 Å². The van der Waals surface area contributed by atoms with Crippen LogP contribution in [0.5, 0.6) is 0 Å². The molecule has 0 aliphatic carbocycles. The number of nitrogens with zero attached hydrogens (tertiary/aromatic N) is 7. The minimum absolute atomic E-state index is 0.205. The number of rotatable bonds is 2. The van der Waals surface area contributed by atoms with Crippen LogP contribution < -0.4 is 0 Å². The first kappa shape index (κ1) is 14.9. The standard InChI is InChI=1S/C12H9N7.CO2/c1-8-2-3-9-7-16-19(10(9)6-8)12-11(17-18-13)14-4-5-15-12;2-1-3/h2-7H,1H3;. The van der Waals surface area contributed by atoms with Crippen LogP contribution >= 0.6 is 0 Å². The largest absolute Gasteiger partial charge is 0.373 e. The zero-order valence-corrected chi connectivity index (χ0v) is 11.4. The summed E-state index contributed by atoms with van der Waals surface area (Å²) in [6.07, 6.45) is 5.00. The molecule has 1 aromatic carbocycles. The van der Waals surface area contributed by atoms with Gasteiger partial charge in [0.25, 0.3) is 0 Å². The molecule has 0 radical (unpaired) electrons. The lowest BCUT2D eigenvalue weighted by molar-refractivity contribution is -0.191. The quantitative estimate of drug-likeness (QED) is 0.407. The summed E-state index contributed by atoms with van der Waals surface area (Å²) in [5, 5.41) is 8.81. The summed E-state index contributed by atoms with van der Waals surface area (Å²) in [6, 6.07) is 5.99. The molecule has 0 saturated carbocycles. The Hall–Kier alpha value is -3.54. The van der Waals surface area contributed by atoms with E-state index in [2.05, 4.69) is 25.1 Å². The molecule has 0 saturated heterocycles. The molecular formula is C13H9N7O2. The van der Waals surface area contributed by atoms with Gasteiger partial charge in [-0.25, -0.2) is 14.6 Å². The Kier molecular flexibility index (Phi) is 4.56. The average molecular weight is 295 g/mol. The van der Waals surface area contributed by atoms with Crippen LogP contribution in [0.1, 0.15) is 5.56 Å². The number of hydrogen-bond donors (Lipinski definition) is 0. The Balaban J connectivity index is 0.000000545. The number of fused-ring (bicyclic) bond motifs is 1. The maximum absolute atomic E-state index is 8.56. The summed E-state index contributed by atoms with van der Waals surface area (Å²) in [6.45, 7) is 2.00. The maximum Gasteiger partial charge on any atom is 0.373 e. The Morgan fingerprint density at radius 1 is 1.27 bits per heavy atom. The van der Waals surface area contributed by atoms with Crippen LogP contribution in [-0.2, 0) is 9.59 Å². The van der Waals surface area contributed by atoms with Crippen LogP contribution in [0, 0.1) is 6.92 Å². The molecule has 9 heteroatoms. The fraction of sp³-hybridized carbons (Fsp3) is 0.0769. The molecule has 3 aromatic rings. The van der Waals surface area contributed by atoms with Gasteiger partial charge in [0.1, 0.15) is 0 Å². The monoisotopic (exact) mass is 295 g/mol. The molecule has 22 heavy (non-hydrogen) atoms. The Labute approximate surface area is 123 Å². The summed E-state index contributed by atoms with van der Waals surface area (Å²) < 4.78 is 1.62. The average Bonchev–Trinajstić information content (AvgIpc) is 2.92. The first-order chi connectivity index (χ1) is 10.7. The maximum atomic E-state index is 8.56. The molecule has 2 aromatic heterocycles. The van der Waals surface area contributed by atoms with Crippen LogP contribution in [-0.4, -0.2) is 25.9 Å². The summed E-state index contributed by atoms with van der Waals surface area (Å²) in [5.74, 6) is 0.623. The van der Waals surface area contributed by atoms with Crippen LogP contribution in [0.2, 0.25) is 0 Å². The van der Waals surface area contributed by atoms with E-state index in [9.17, 15) is 0 Å². The van der Waals surface area contributed by atoms with Crippen molar-refractivity contribution in [3.63, 3.8) is 0 Å². The Morgan fingerprint density at radius 2 is 2.00 bits per heavy atom. The molecule has 0 aliphatic heterocycles. The van der Waals surface area contributed by atoms with Crippen molar-refractivity contribution in [2.24, 2.45) is 5.11 Å². The number of carbonyl (C=O) groups excluding carboxylic acids is 2. The van der Waals surface area contributed by atoms with E-state index in [1.54, 1.807) is 10.9 Å². The lowest BCUT2D eigenvalue weighted by atomic mass is 10.2. The van der Waals surface area contributed by atoms with Crippen molar-refractivity contribution in [3.8, 4) is 5.82 Å². The lowest BCUT2D eigenvalue weighted by Gasteiger charge is -2.04. The highest BCUT2D eigenvalue weighted by Crippen LogP contribution is 2.23. The minimum atomic E-state index is 0.205. The molecule has 0 fully saturated rings. The third-order valence-corrected chi connectivity index (χ3v) is 2.73. The van der Waals surface area contributed by atoms with Crippen LogP contribution in [0.25, 0.3) is 27.2 Å². The summed E-state index contributed by atoms with van der Waals surface area (Å²) in [5.41, 5.74) is 10.6. The van der Waals surface area contributed by atoms with Gasteiger partial charge in [0.15, 0.2) is 11.6 Å². The molecule has 108 valence electrons. The molecule has 0 amide bonds. The van der Waals surface area contributed by atoms with Gasteiger partial charge in [-0.2, -0.15) is 14.7 Å². The van der Waals surface area contributed by atoms with Crippen molar-refractivity contribution in [3.05, 3.63) is 52.8 Å². The molecule has 2 heterocycles.